The molecule has 8 heteroatoms. The van der Waals surface area contributed by atoms with Gasteiger partial charge in [0.15, 0.2) is 5.16 Å². The van der Waals surface area contributed by atoms with Gasteiger partial charge in [-0.05, 0) is 25.3 Å². The van der Waals surface area contributed by atoms with E-state index in [0.29, 0.717) is 13.2 Å². The molecule has 0 saturated carbocycles. The van der Waals surface area contributed by atoms with Gasteiger partial charge in [0.2, 0.25) is 11.9 Å². The Labute approximate surface area is 174 Å². The van der Waals surface area contributed by atoms with Crippen molar-refractivity contribution in [3.63, 3.8) is 0 Å². The Balaban J connectivity index is 1.48. The van der Waals surface area contributed by atoms with Crippen LogP contribution >= 0.6 is 11.8 Å². The molecular weight excluding hydrogens is 386 g/mol. The van der Waals surface area contributed by atoms with E-state index in [-0.39, 0.29) is 11.2 Å². The molecule has 0 radical (unpaired) electrons. The molecule has 0 aliphatic carbocycles. The highest BCUT2D eigenvalue weighted by Gasteiger charge is 2.23. The Hall–Kier alpha value is -2.58. The largest absolute Gasteiger partial charge is 0.378 e. The number of rotatable bonds is 6. The predicted octanol–water partition coefficient (Wildman–Crippen LogP) is 3.41. The fourth-order valence-electron chi connectivity index (χ4n) is 3.42. The lowest BCUT2D eigenvalue weighted by Crippen LogP contribution is -2.38. The monoisotopic (exact) mass is 411 g/mol. The van der Waals surface area contributed by atoms with Crippen LogP contribution in [-0.2, 0) is 16.1 Å². The Kier molecular flexibility index (Phi) is 6.01. The molecule has 1 atom stereocenters. The van der Waals surface area contributed by atoms with Gasteiger partial charge in [-0.2, -0.15) is 0 Å². The zero-order valence-electron chi connectivity index (χ0n) is 16.7. The van der Waals surface area contributed by atoms with Gasteiger partial charge in [0, 0.05) is 30.7 Å². The van der Waals surface area contributed by atoms with Crippen LogP contribution in [0.25, 0.3) is 10.8 Å². The number of nitrogens with one attached hydrogen (secondary N) is 1. The van der Waals surface area contributed by atoms with E-state index >= 15 is 0 Å². The second kappa shape index (κ2) is 8.84. The number of ether oxygens (including phenoxy) is 1. The zero-order valence-corrected chi connectivity index (χ0v) is 17.5. The topological polar surface area (TPSA) is 72.3 Å². The summed E-state index contributed by atoms with van der Waals surface area (Å²) in [5, 5.41) is 14.4. The van der Waals surface area contributed by atoms with Crippen molar-refractivity contribution in [3.8, 4) is 0 Å². The number of nitrogens with zero attached hydrogens (tertiary/aromatic N) is 4. The molecule has 0 unspecified atom stereocenters. The zero-order chi connectivity index (χ0) is 20.2. The van der Waals surface area contributed by atoms with E-state index in [1.807, 2.05) is 49.4 Å². The van der Waals surface area contributed by atoms with Gasteiger partial charge in [-0.1, -0.05) is 48.2 Å². The molecule has 29 heavy (non-hydrogen) atoms. The van der Waals surface area contributed by atoms with Crippen LogP contribution in [0.1, 0.15) is 13.8 Å². The smallest absolute Gasteiger partial charge is 0.237 e. The summed E-state index contributed by atoms with van der Waals surface area (Å²) in [5.41, 5.74) is 0.825. The van der Waals surface area contributed by atoms with Crippen molar-refractivity contribution < 1.29 is 9.53 Å². The van der Waals surface area contributed by atoms with Crippen LogP contribution in [0.5, 0.6) is 0 Å². The van der Waals surface area contributed by atoms with Gasteiger partial charge >= 0.3 is 0 Å². The fraction of sp³-hybridized carbons (Fsp3) is 0.381. The summed E-state index contributed by atoms with van der Waals surface area (Å²) in [5.74, 6) is 0.796. The maximum absolute atomic E-state index is 12.9. The molecule has 1 N–H and O–H groups in total. The molecule has 1 saturated heterocycles. The second-order valence-corrected chi connectivity index (χ2v) is 8.21. The minimum absolute atomic E-state index is 0.0510. The average Bonchev–Trinajstić information content (AvgIpc) is 3.17. The lowest BCUT2D eigenvalue weighted by Gasteiger charge is -2.27. The first-order valence-electron chi connectivity index (χ1n) is 9.88. The molecular formula is C21H25N5O2S. The molecule has 0 spiro atoms. The van der Waals surface area contributed by atoms with Crippen molar-refractivity contribution in [3.05, 3.63) is 42.5 Å². The molecule has 1 aromatic heterocycles. The molecule has 4 rings (SSSR count). The SMILES string of the molecule is CCn1c(S[C@@H](C)C(=O)Nc2cccc3ccccc23)nnc1N1CCOCC1. The van der Waals surface area contributed by atoms with E-state index in [4.69, 9.17) is 4.74 Å². The number of hydrogen-bond acceptors (Lipinski definition) is 6. The number of fused-ring (bicyclic) bond motifs is 1. The van der Waals surface area contributed by atoms with Crippen molar-refractivity contribution in [2.75, 3.05) is 36.5 Å². The minimum atomic E-state index is -0.305. The first-order chi connectivity index (χ1) is 14.2. The van der Waals surface area contributed by atoms with E-state index in [1.165, 1.54) is 11.8 Å². The van der Waals surface area contributed by atoms with Crippen molar-refractivity contribution in [2.45, 2.75) is 30.8 Å². The van der Waals surface area contributed by atoms with Crippen molar-refractivity contribution in [1.82, 2.24) is 14.8 Å². The summed E-state index contributed by atoms with van der Waals surface area (Å²) >= 11 is 1.43. The Morgan fingerprint density at radius 3 is 2.72 bits per heavy atom. The molecule has 2 heterocycles. The molecule has 7 nitrogen and oxygen atoms in total. The summed E-state index contributed by atoms with van der Waals surface area (Å²) in [6.07, 6.45) is 0. The van der Waals surface area contributed by atoms with Crippen LogP contribution in [-0.4, -0.2) is 52.2 Å². The number of carbonyl (C=O) groups excluding carboxylic acids is 1. The maximum atomic E-state index is 12.9. The number of benzene rings is 2. The van der Waals surface area contributed by atoms with Gasteiger partial charge in [-0.15, -0.1) is 10.2 Å². The standard InChI is InChI=1S/C21H25N5O2S/c1-3-26-20(25-11-13-28-14-12-25)23-24-21(26)29-15(2)19(27)22-18-10-6-8-16-7-4-5-9-17(16)18/h4-10,15H,3,11-14H2,1-2H3,(H,22,27)/t15-/m0/s1. The Morgan fingerprint density at radius 1 is 1.17 bits per heavy atom. The third-order valence-electron chi connectivity index (χ3n) is 5.01. The number of aromatic nitrogens is 3. The molecule has 1 aliphatic rings. The maximum Gasteiger partial charge on any atom is 0.237 e. The highest BCUT2D eigenvalue weighted by atomic mass is 32.2. The lowest BCUT2D eigenvalue weighted by molar-refractivity contribution is -0.115. The van der Waals surface area contributed by atoms with Gasteiger partial charge in [-0.25, -0.2) is 0 Å². The van der Waals surface area contributed by atoms with E-state index in [2.05, 4.69) is 31.9 Å². The first-order valence-corrected chi connectivity index (χ1v) is 10.8. The molecule has 2 aromatic carbocycles. The quantitative estimate of drug-likeness (QED) is 0.627. The van der Waals surface area contributed by atoms with Crippen LogP contribution in [0.3, 0.4) is 0 Å². The summed E-state index contributed by atoms with van der Waals surface area (Å²) in [6.45, 7) is 7.72. The average molecular weight is 412 g/mol. The molecule has 1 fully saturated rings. The second-order valence-electron chi connectivity index (χ2n) is 6.90. The van der Waals surface area contributed by atoms with Gasteiger partial charge in [-0.3, -0.25) is 9.36 Å². The number of thioether (sulfide) groups is 1. The van der Waals surface area contributed by atoms with Crippen LogP contribution in [0, 0.1) is 0 Å². The number of morpholine rings is 1. The fourth-order valence-corrected chi connectivity index (χ4v) is 4.33. The lowest BCUT2D eigenvalue weighted by atomic mass is 10.1. The van der Waals surface area contributed by atoms with E-state index in [9.17, 15) is 4.79 Å². The van der Waals surface area contributed by atoms with Crippen LogP contribution in [0.4, 0.5) is 11.6 Å². The van der Waals surface area contributed by atoms with Crippen molar-refractivity contribution in [1.29, 1.82) is 0 Å². The van der Waals surface area contributed by atoms with Crippen molar-refractivity contribution in [2.24, 2.45) is 0 Å². The highest BCUT2D eigenvalue weighted by Crippen LogP contribution is 2.28. The molecule has 1 aliphatic heterocycles. The summed E-state index contributed by atoms with van der Waals surface area (Å²) < 4.78 is 7.49. The first kappa shape index (κ1) is 19.7. The predicted molar refractivity (Wildman–Crippen MR) is 117 cm³/mol. The highest BCUT2D eigenvalue weighted by molar-refractivity contribution is 8.00. The van der Waals surface area contributed by atoms with Gasteiger partial charge in [0.05, 0.1) is 18.5 Å². The minimum Gasteiger partial charge on any atom is -0.378 e. The third kappa shape index (κ3) is 4.23. The summed E-state index contributed by atoms with van der Waals surface area (Å²) in [4.78, 5) is 15.0. The number of amides is 1. The molecule has 152 valence electrons. The normalized spacial score (nSPS) is 15.4. The summed E-state index contributed by atoms with van der Waals surface area (Å²) in [6, 6.07) is 14.0. The van der Waals surface area contributed by atoms with E-state index < -0.39 is 0 Å². The van der Waals surface area contributed by atoms with Crippen LogP contribution in [0.2, 0.25) is 0 Å². The van der Waals surface area contributed by atoms with Gasteiger partial charge in [0.25, 0.3) is 0 Å². The number of carbonyl (C=O) groups is 1. The van der Waals surface area contributed by atoms with Crippen LogP contribution < -0.4 is 10.2 Å². The van der Waals surface area contributed by atoms with Gasteiger partial charge < -0.3 is 15.0 Å². The third-order valence-corrected chi connectivity index (χ3v) is 6.09. The Morgan fingerprint density at radius 2 is 1.93 bits per heavy atom. The number of hydrogen-bond donors (Lipinski definition) is 1. The van der Waals surface area contributed by atoms with E-state index in [0.717, 1.165) is 47.2 Å². The van der Waals surface area contributed by atoms with Gasteiger partial charge in [0.1, 0.15) is 0 Å². The summed E-state index contributed by atoms with van der Waals surface area (Å²) in [7, 11) is 0. The molecule has 0 bridgehead atoms. The van der Waals surface area contributed by atoms with E-state index in [1.54, 1.807) is 0 Å². The Bertz CT molecular complexity index is 994. The van der Waals surface area contributed by atoms with Crippen molar-refractivity contribution >= 4 is 40.1 Å². The molecule has 3 aromatic rings. The molecule has 1 amide bonds. The van der Waals surface area contributed by atoms with Crippen LogP contribution in [0.15, 0.2) is 47.6 Å². The number of anilines is 2.